The average Bonchev–Trinajstić information content (AvgIpc) is 3.11. The van der Waals surface area contributed by atoms with Crippen LogP contribution in [0.1, 0.15) is 37.2 Å². The molecule has 2 heterocycles. The van der Waals surface area contributed by atoms with Gasteiger partial charge >= 0.3 is 0 Å². The summed E-state index contributed by atoms with van der Waals surface area (Å²) in [6.07, 6.45) is 5.37. The lowest BCUT2D eigenvalue weighted by Crippen LogP contribution is -2.54. The van der Waals surface area contributed by atoms with E-state index in [1.807, 2.05) is 0 Å². The first-order valence-corrected chi connectivity index (χ1v) is 8.55. The molecule has 114 valence electrons. The number of likely N-dealkylation sites (tertiary alicyclic amines) is 2. The first kappa shape index (κ1) is 13.7. The molecule has 0 radical (unpaired) electrons. The monoisotopic (exact) mass is 285 g/mol. The molecule has 2 saturated heterocycles. The van der Waals surface area contributed by atoms with Crippen LogP contribution < -0.4 is 5.73 Å². The molecule has 0 aromatic heterocycles. The van der Waals surface area contributed by atoms with Crippen molar-refractivity contribution in [2.24, 2.45) is 5.73 Å². The van der Waals surface area contributed by atoms with Gasteiger partial charge in [0.25, 0.3) is 0 Å². The zero-order valence-electron chi connectivity index (χ0n) is 12.9. The highest BCUT2D eigenvalue weighted by molar-refractivity contribution is 5.22. The fourth-order valence-electron chi connectivity index (χ4n) is 4.38. The van der Waals surface area contributed by atoms with Gasteiger partial charge in [0.1, 0.15) is 0 Å². The Bertz CT molecular complexity index is 484. The van der Waals surface area contributed by atoms with E-state index in [-0.39, 0.29) is 5.54 Å². The third kappa shape index (κ3) is 2.52. The fraction of sp³-hybridized carbons (Fsp3) is 0.667. The number of benzene rings is 1. The lowest BCUT2D eigenvalue weighted by molar-refractivity contribution is 0.125. The molecule has 4 rings (SSSR count). The molecule has 21 heavy (non-hydrogen) atoms. The number of nitrogens with zero attached hydrogens (tertiary/aromatic N) is 2. The summed E-state index contributed by atoms with van der Waals surface area (Å²) < 4.78 is 0. The molecule has 0 spiro atoms. The van der Waals surface area contributed by atoms with Gasteiger partial charge in [0.05, 0.1) is 0 Å². The van der Waals surface area contributed by atoms with Crippen molar-refractivity contribution in [2.75, 3.05) is 32.7 Å². The third-order valence-corrected chi connectivity index (χ3v) is 5.94. The van der Waals surface area contributed by atoms with Crippen molar-refractivity contribution >= 4 is 0 Å². The predicted octanol–water partition coefficient (Wildman–Crippen LogP) is 2.04. The summed E-state index contributed by atoms with van der Waals surface area (Å²) in [5.74, 6) is 0.699. The van der Waals surface area contributed by atoms with E-state index < -0.39 is 0 Å². The highest BCUT2D eigenvalue weighted by Crippen LogP contribution is 2.39. The Morgan fingerprint density at radius 3 is 2.62 bits per heavy atom. The van der Waals surface area contributed by atoms with Crippen molar-refractivity contribution in [3.05, 3.63) is 35.9 Å². The van der Waals surface area contributed by atoms with Gasteiger partial charge in [0, 0.05) is 37.8 Å². The quantitative estimate of drug-likeness (QED) is 0.919. The van der Waals surface area contributed by atoms with E-state index >= 15 is 0 Å². The van der Waals surface area contributed by atoms with Gasteiger partial charge in [-0.2, -0.15) is 0 Å². The molecule has 3 fully saturated rings. The van der Waals surface area contributed by atoms with Gasteiger partial charge < -0.3 is 5.73 Å². The van der Waals surface area contributed by atoms with Gasteiger partial charge in [-0.3, -0.25) is 9.80 Å². The molecule has 1 aliphatic carbocycles. The van der Waals surface area contributed by atoms with Gasteiger partial charge in [0.15, 0.2) is 0 Å². The maximum Gasteiger partial charge on any atom is 0.0470 e. The van der Waals surface area contributed by atoms with E-state index in [0.717, 1.165) is 12.6 Å². The van der Waals surface area contributed by atoms with Crippen LogP contribution in [0.15, 0.2) is 30.3 Å². The van der Waals surface area contributed by atoms with E-state index in [1.165, 1.54) is 57.4 Å². The van der Waals surface area contributed by atoms with Crippen LogP contribution in [0.3, 0.4) is 0 Å². The van der Waals surface area contributed by atoms with Gasteiger partial charge in [0.2, 0.25) is 0 Å². The Morgan fingerprint density at radius 1 is 1.10 bits per heavy atom. The summed E-state index contributed by atoms with van der Waals surface area (Å²) in [6.45, 7) is 5.69. The topological polar surface area (TPSA) is 32.5 Å². The Kier molecular flexibility index (Phi) is 3.52. The molecule has 0 amide bonds. The molecule has 1 saturated carbocycles. The van der Waals surface area contributed by atoms with E-state index in [2.05, 4.69) is 40.1 Å². The summed E-state index contributed by atoms with van der Waals surface area (Å²) >= 11 is 0. The summed E-state index contributed by atoms with van der Waals surface area (Å²) in [4.78, 5) is 5.41. The molecular formula is C18H27N3. The number of hydrogen-bond acceptors (Lipinski definition) is 3. The molecule has 3 heteroatoms. The van der Waals surface area contributed by atoms with Gasteiger partial charge in [-0.15, -0.1) is 0 Å². The SMILES string of the molecule is NCC1(N2CCC(c3ccccc3)C2)CCN(C2CC2)C1. The molecule has 2 N–H and O–H groups in total. The first-order chi connectivity index (χ1) is 10.3. The minimum absolute atomic E-state index is 0.256. The Morgan fingerprint density at radius 2 is 1.90 bits per heavy atom. The normalized spacial score (nSPS) is 34.6. The molecule has 1 aromatic carbocycles. The zero-order valence-corrected chi connectivity index (χ0v) is 12.9. The van der Waals surface area contributed by atoms with Crippen molar-refractivity contribution in [3.63, 3.8) is 0 Å². The second-order valence-corrected chi connectivity index (χ2v) is 7.22. The van der Waals surface area contributed by atoms with Crippen LogP contribution in [-0.2, 0) is 0 Å². The van der Waals surface area contributed by atoms with Crippen LogP contribution in [0.2, 0.25) is 0 Å². The molecule has 1 aromatic rings. The van der Waals surface area contributed by atoms with Crippen molar-refractivity contribution in [2.45, 2.75) is 43.2 Å². The molecular weight excluding hydrogens is 258 g/mol. The van der Waals surface area contributed by atoms with Crippen LogP contribution in [-0.4, -0.2) is 54.1 Å². The van der Waals surface area contributed by atoms with Crippen LogP contribution in [0.25, 0.3) is 0 Å². The van der Waals surface area contributed by atoms with Crippen LogP contribution in [0, 0.1) is 0 Å². The van der Waals surface area contributed by atoms with Crippen LogP contribution in [0.4, 0.5) is 0 Å². The zero-order chi connectivity index (χ0) is 14.3. The molecule has 2 aliphatic heterocycles. The highest BCUT2D eigenvalue weighted by atomic mass is 15.3. The van der Waals surface area contributed by atoms with Crippen LogP contribution >= 0.6 is 0 Å². The molecule has 2 unspecified atom stereocenters. The first-order valence-electron chi connectivity index (χ1n) is 8.55. The second-order valence-electron chi connectivity index (χ2n) is 7.22. The van der Waals surface area contributed by atoms with E-state index in [4.69, 9.17) is 5.73 Å². The molecule has 0 bridgehead atoms. The Balaban J connectivity index is 1.46. The minimum Gasteiger partial charge on any atom is -0.329 e. The lowest BCUT2D eigenvalue weighted by atomic mass is 9.95. The van der Waals surface area contributed by atoms with Crippen molar-refractivity contribution in [1.29, 1.82) is 0 Å². The van der Waals surface area contributed by atoms with Gasteiger partial charge in [-0.05, 0) is 43.7 Å². The number of nitrogens with two attached hydrogens (primary N) is 1. The van der Waals surface area contributed by atoms with E-state index in [0.29, 0.717) is 5.92 Å². The van der Waals surface area contributed by atoms with Gasteiger partial charge in [-0.25, -0.2) is 0 Å². The summed E-state index contributed by atoms with van der Waals surface area (Å²) in [6, 6.07) is 11.9. The molecule has 3 aliphatic rings. The van der Waals surface area contributed by atoms with E-state index in [9.17, 15) is 0 Å². The maximum absolute atomic E-state index is 6.25. The van der Waals surface area contributed by atoms with Crippen molar-refractivity contribution < 1.29 is 0 Å². The van der Waals surface area contributed by atoms with Crippen molar-refractivity contribution in [3.8, 4) is 0 Å². The molecule has 3 nitrogen and oxygen atoms in total. The number of rotatable bonds is 4. The minimum atomic E-state index is 0.256. The average molecular weight is 285 g/mol. The predicted molar refractivity (Wildman–Crippen MR) is 86.4 cm³/mol. The smallest absolute Gasteiger partial charge is 0.0470 e. The summed E-state index contributed by atoms with van der Waals surface area (Å²) in [7, 11) is 0. The summed E-state index contributed by atoms with van der Waals surface area (Å²) in [5.41, 5.74) is 8.01. The Hall–Kier alpha value is -0.900. The summed E-state index contributed by atoms with van der Waals surface area (Å²) in [5, 5.41) is 0. The highest BCUT2D eigenvalue weighted by Gasteiger charge is 2.47. The molecule has 2 atom stereocenters. The van der Waals surface area contributed by atoms with Gasteiger partial charge in [-0.1, -0.05) is 30.3 Å². The van der Waals surface area contributed by atoms with Crippen LogP contribution in [0.5, 0.6) is 0 Å². The lowest BCUT2D eigenvalue weighted by Gasteiger charge is -2.38. The Labute approximate surface area is 128 Å². The third-order valence-electron chi connectivity index (χ3n) is 5.94. The number of hydrogen-bond donors (Lipinski definition) is 1. The fourth-order valence-corrected chi connectivity index (χ4v) is 4.38. The largest absolute Gasteiger partial charge is 0.329 e. The standard InChI is InChI=1S/C18H27N3/c19-13-18(9-11-20(14-18)17-6-7-17)21-10-8-16(12-21)15-4-2-1-3-5-15/h1-5,16-17H,6-14,19H2. The second kappa shape index (κ2) is 5.38. The van der Waals surface area contributed by atoms with E-state index in [1.54, 1.807) is 0 Å². The van der Waals surface area contributed by atoms with Crippen molar-refractivity contribution in [1.82, 2.24) is 9.80 Å². The maximum atomic E-state index is 6.25.